The van der Waals surface area contributed by atoms with Crippen molar-refractivity contribution >= 4 is 34.1 Å². The Balaban J connectivity index is 1.06. The van der Waals surface area contributed by atoms with Crippen LogP contribution < -0.4 is 31.0 Å². The van der Waals surface area contributed by atoms with Crippen LogP contribution >= 0.6 is 0 Å². The highest BCUT2D eigenvalue weighted by molar-refractivity contribution is 6.01. The molecule has 2 unspecified atom stereocenters. The fourth-order valence-electron chi connectivity index (χ4n) is 7.57. The number of anilines is 2. The highest BCUT2D eigenvalue weighted by Gasteiger charge is 2.34. The van der Waals surface area contributed by atoms with Gasteiger partial charge in [0, 0.05) is 63.0 Å². The summed E-state index contributed by atoms with van der Waals surface area (Å²) in [6, 6.07) is 16.4. The third-order valence-electron chi connectivity index (χ3n) is 9.91. The van der Waals surface area contributed by atoms with E-state index in [-0.39, 0.29) is 40.3 Å². The van der Waals surface area contributed by atoms with Crippen molar-refractivity contribution in [3.8, 4) is 17.2 Å². The molecule has 47 heavy (non-hydrogen) atoms. The lowest BCUT2D eigenvalue weighted by Gasteiger charge is -2.29. The minimum Gasteiger partial charge on any atom is -0.451 e. The van der Waals surface area contributed by atoms with E-state index in [9.17, 15) is 14.4 Å². The number of likely N-dealkylation sites (tertiary alicyclic amines) is 1. The molecule has 2 fully saturated rings. The molecular weight excluding hydrogens is 599 g/mol. The smallest absolute Gasteiger partial charge is 0.256 e. The van der Waals surface area contributed by atoms with Crippen molar-refractivity contribution in [1.82, 2.24) is 20.1 Å². The average Bonchev–Trinajstić information content (AvgIpc) is 3.85. The van der Waals surface area contributed by atoms with E-state index in [1.165, 1.54) is 6.07 Å². The van der Waals surface area contributed by atoms with Crippen LogP contribution in [0.4, 0.5) is 15.8 Å². The van der Waals surface area contributed by atoms with E-state index in [0.717, 1.165) is 50.3 Å². The van der Waals surface area contributed by atoms with Crippen molar-refractivity contribution in [3.05, 3.63) is 88.0 Å². The number of carbonyl (C=O) groups excluding carboxylic acids is 2. The van der Waals surface area contributed by atoms with Gasteiger partial charge in [0.1, 0.15) is 16.8 Å². The van der Waals surface area contributed by atoms with Crippen LogP contribution in [0.15, 0.2) is 65.6 Å². The summed E-state index contributed by atoms with van der Waals surface area (Å²) in [5.41, 5.74) is 2.95. The maximum atomic E-state index is 16.2. The summed E-state index contributed by atoms with van der Waals surface area (Å²) in [6.45, 7) is 4.78. The molecule has 0 spiro atoms. The van der Waals surface area contributed by atoms with Gasteiger partial charge in [0.25, 0.3) is 5.91 Å². The Morgan fingerprint density at radius 2 is 1.85 bits per heavy atom. The molecule has 4 aliphatic rings. The number of fused-ring (bicyclic) bond motifs is 3. The Labute approximate surface area is 271 Å². The summed E-state index contributed by atoms with van der Waals surface area (Å²) < 4.78 is 24.3. The predicted molar refractivity (Wildman–Crippen MR) is 179 cm³/mol. The number of ether oxygens (including phenoxy) is 1. The topological polar surface area (TPSA) is 108 Å². The van der Waals surface area contributed by atoms with Gasteiger partial charge in [-0.15, -0.1) is 0 Å². The first-order valence-electron chi connectivity index (χ1n) is 16.5. The number of aromatic nitrogens is 1. The van der Waals surface area contributed by atoms with Crippen LogP contribution in [-0.2, 0) is 4.79 Å². The number of hydrogen-bond acceptors (Lipinski definition) is 7. The molecule has 4 aromatic rings. The number of pyridine rings is 1. The molecule has 0 saturated carbocycles. The summed E-state index contributed by atoms with van der Waals surface area (Å²) in [5, 5.41) is 9.50. The highest BCUT2D eigenvalue weighted by Crippen LogP contribution is 2.47. The minimum atomic E-state index is -0.609. The normalized spacial score (nSPS) is 19.6. The molecule has 0 aliphatic carbocycles. The monoisotopic (exact) mass is 636 g/mol. The maximum Gasteiger partial charge on any atom is 0.256 e. The predicted octanol–water partition coefficient (Wildman–Crippen LogP) is 4.36. The zero-order chi connectivity index (χ0) is 32.1. The molecule has 5 heterocycles. The number of hydrogen-bond donors (Lipinski definition) is 3. The lowest BCUT2D eigenvalue weighted by molar-refractivity contribution is -0.122. The molecule has 8 rings (SSSR count). The Bertz CT molecular complexity index is 1950. The molecule has 3 aromatic carbocycles. The van der Waals surface area contributed by atoms with Crippen molar-refractivity contribution < 1.29 is 18.7 Å². The Morgan fingerprint density at radius 3 is 2.72 bits per heavy atom. The second-order valence-corrected chi connectivity index (χ2v) is 12.9. The van der Waals surface area contributed by atoms with Gasteiger partial charge in [0.15, 0.2) is 17.3 Å². The lowest BCUT2D eigenvalue weighted by Crippen LogP contribution is -2.38. The SMILES string of the molecule is O=C(CC1CNc2ccccc21)NC1CCN(c2c(F)cc3c(=O)c(C(=O)NCCN4CCCC4)cn4c3c2Oc2ccccc2-4)C1. The Hall–Kier alpha value is -4.90. The zero-order valence-electron chi connectivity index (χ0n) is 26.1. The van der Waals surface area contributed by atoms with E-state index >= 15 is 4.39 Å². The number of nitrogens with zero attached hydrogens (tertiary/aromatic N) is 3. The van der Waals surface area contributed by atoms with Gasteiger partial charge in [-0.1, -0.05) is 30.3 Å². The molecule has 242 valence electrons. The van der Waals surface area contributed by atoms with Gasteiger partial charge in [0.05, 0.1) is 11.1 Å². The second kappa shape index (κ2) is 12.0. The minimum absolute atomic E-state index is 0.0362. The maximum absolute atomic E-state index is 16.2. The van der Waals surface area contributed by atoms with Gasteiger partial charge >= 0.3 is 0 Å². The van der Waals surface area contributed by atoms with Crippen LogP contribution in [0.5, 0.6) is 11.5 Å². The fraction of sp³-hybridized carbons (Fsp3) is 0.361. The molecule has 2 atom stereocenters. The number of nitrogens with one attached hydrogen (secondary N) is 3. The molecule has 2 saturated heterocycles. The van der Waals surface area contributed by atoms with E-state index in [1.807, 2.05) is 41.3 Å². The number of carbonyl (C=O) groups is 2. The van der Waals surface area contributed by atoms with Gasteiger partial charge in [-0.25, -0.2) is 4.39 Å². The molecule has 2 amide bonds. The number of benzene rings is 3. The van der Waals surface area contributed by atoms with Crippen molar-refractivity contribution in [3.63, 3.8) is 0 Å². The first-order chi connectivity index (χ1) is 22.9. The first-order valence-corrected chi connectivity index (χ1v) is 16.5. The van der Waals surface area contributed by atoms with E-state index in [4.69, 9.17) is 4.74 Å². The van der Waals surface area contributed by atoms with Crippen LogP contribution in [0.1, 0.15) is 47.5 Å². The molecule has 10 nitrogen and oxygen atoms in total. The quantitative estimate of drug-likeness (QED) is 0.233. The van der Waals surface area contributed by atoms with Gasteiger partial charge in [-0.2, -0.15) is 0 Å². The van der Waals surface area contributed by atoms with Gasteiger partial charge in [-0.05, 0) is 62.2 Å². The number of rotatable bonds is 8. The number of para-hydroxylation sites is 3. The Kier molecular flexibility index (Phi) is 7.55. The van der Waals surface area contributed by atoms with Crippen molar-refractivity contribution in [2.75, 3.05) is 56.0 Å². The van der Waals surface area contributed by atoms with Crippen LogP contribution in [0.25, 0.3) is 16.6 Å². The van der Waals surface area contributed by atoms with Crippen molar-refractivity contribution in [2.24, 2.45) is 0 Å². The summed E-state index contributed by atoms with van der Waals surface area (Å²) in [7, 11) is 0. The van der Waals surface area contributed by atoms with Crippen LogP contribution in [0.3, 0.4) is 0 Å². The fourth-order valence-corrected chi connectivity index (χ4v) is 7.57. The molecule has 3 N–H and O–H groups in total. The largest absolute Gasteiger partial charge is 0.451 e. The van der Waals surface area contributed by atoms with Gasteiger partial charge in [-0.3, -0.25) is 14.4 Å². The summed E-state index contributed by atoms with van der Waals surface area (Å²) in [4.78, 5) is 44.3. The van der Waals surface area contributed by atoms with E-state index < -0.39 is 17.2 Å². The highest BCUT2D eigenvalue weighted by atomic mass is 19.1. The standard InChI is InChI=1S/C36H37FN6O4/c37-27-18-25-32-35(33(27)42-15-11-23(20-42)40-31(44)17-22-19-39-28-8-2-1-7-24(22)28)47-30-10-4-3-9-29(30)43(32)21-26(34(25)45)36(46)38-12-16-41-13-5-6-14-41/h1-4,7-10,18,21-23,39H,5-6,11-17,19-20H2,(H,38,46)(H,40,44). The van der Waals surface area contributed by atoms with E-state index in [2.05, 4.69) is 26.9 Å². The van der Waals surface area contributed by atoms with Crippen LogP contribution in [-0.4, -0.2) is 73.1 Å². The summed E-state index contributed by atoms with van der Waals surface area (Å²) in [6.07, 6.45) is 4.87. The molecule has 4 aliphatic heterocycles. The molecule has 11 heteroatoms. The Morgan fingerprint density at radius 1 is 1.04 bits per heavy atom. The van der Waals surface area contributed by atoms with Gasteiger partial charge < -0.3 is 35.1 Å². The van der Waals surface area contributed by atoms with E-state index in [0.29, 0.717) is 49.4 Å². The number of halogens is 1. The number of amides is 2. The average molecular weight is 637 g/mol. The molecule has 0 radical (unpaired) electrons. The molecule has 1 aromatic heterocycles. The molecule has 0 bridgehead atoms. The zero-order valence-corrected chi connectivity index (χ0v) is 26.1. The third kappa shape index (κ3) is 5.38. The van der Waals surface area contributed by atoms with Gasteiger partial charge in [0.2, 0.25) is 11.3 Å². The molecular formula is C36H37FN6O4. The van der Waals surface area contributed by atoms with Crippen LogP contribution in [0.2, 0.25) is 0 Å². The summed E-state index contributed by atoms with van der Waals surface area (Å²) in [5.74, 6) is -0.295. The third-order valence-corrected chi connectivity index (χ3v) is 9.91. The van der Waals surface area contributed by atoms with Crippen LogP contribution in [0, 0.1) is 5.82 Å². The van der Waals surface area contributed by atoms with Crippen molar-refractivity contribution in [1.29, 1.82) is 0 Å². The second-order valence-electron chi connectivity index (χ2n) is 12.9. The first kappa shape index (κ1) is 29.5. The van der Waals surface area contributed by atoms with E-state index in [1.54, 1.807) is 16.8 Å². The lowest BCUT2D eigenvalue weighted by atomic mass is 9.97. The summed E-state index contributed by atoms with van der Waals surface area (Å²) >= 11 is 0. The van der Waals surface area contributed by atoms with Crippen molar-refractivity contribution in [2.45, 2.75) is 37.6 Å².